The van der Waals surface area contributed by atoms with Gasteiger partial charge in [-0.25, -0.2) is 4.79 Å². The Balaban J connectivity index is 2.04. The fraction of sp³-hybridized carbons (Fsp3) is 0.318. The number of carboxylic acids is 1. The minimum Gasteiger partial charge on any atom is -0.478 e. The van der Waals surface area contributed by atoms with Crippen LogP contribution in [0.1, 0.15) is 63.3 Å². The highest BCUT2D eigenvalue weighted by atomic mass is 16.4. The van der Waals surface area contributed by atoms with Crippen molar-refractivity contribution >= 4 is 17.8 Å². The van der Waals surface area contributed by atoms with Crippen molar-refractivity contribution in [2.75, 3.05) is 13.1 Å². The first-order chi connectivity index (χ1) is 13.5. The first-order valence-electron chi connectivity index (χ1n) is 9.46. The lowest BCUT2D eigenvalue weighted by Gasteiger charge is -2.21. The van der Waals surface area contributed by atoms with E-state index in [1.165, 1.54) is 12.1 Å². The third-order valence-corrected chi connectivity index (χ3v) is 4.30. The molecular weight excluding hydrogens is 356 g/mol. The molecule has 6 nitrogen and oxygen atoms in total. The van der Waals surface area contributed by atoms with Crippen LogP contribution < -0.4 is 5.32 Å². The maximum Gasteiger partial charge on any atom is 0.335 e. The number of hydrogen-bond donors (Lipinski definition) is 2. The molecule has 0 spiro atoms. The first-order valence-corrected chi connectivity index (χ1v) is 9.46. The number of carboxylic acid groups (broad SMARTS) is 1. The number of benzene rings is 2. The van der Waals surface area contributed by atoms with Crippen LogP contribution in [0.25, 0.3) is 0 Å². The van der Waals surface area contributed by atoms with Gasteiger partial charge in [0.25, 0.3) is 11.8 Å². The smallest absolute Gasteiger partial charge is 0.335 e. The normalized spacial score (nSPS) is 10.4. The lowest BCUT2D eigenvalue weighted by atomic mass is 10.1. The second kappa shape index (κ2) is 10.3. The zero-order chi connectivity index (χ0) is 20.5. The minimum absolute atomic E-state index is 0.0670. The van der Waals surface area contributed by atoms with E-state index >= 15 is 0 Å². The molecule has 0 aromatic heterocycles. The van der Waals surface area contributed by atoms with Gasteiger partial charge in [-0.2, -0.15) is 0 Å². The third-order valence-electron chi connectivity index (χ3n) is 4.30. The molecule has 6 heteroatoms. The van der Waals surface area contributed by atoms with Crippen molar-refractivity contribution in [1.29, 1.82) is 0 Å². The van der Waals surface area contributed by atoms with Gasteiger partial charge >= 0.3 is 5.97 Å². The highest BCUT2D eigenvalue weighted by Crippen LogP contribution is 2.11. The molecule has 0 atom stereocenters. The van der Waals surface area contributed by atoms with Crippen molar-refractivity contribution in [2.24, 2.45) is 0 Å². The van der Waals surface area contributed by atoms with E-state index in [1.807, 2.05) is 13.8 Å². The number of rotatable bonds is 9. The Morgan fingerprint density at radius 3 is 2.07 bits per heavy atom. The Bertz CT molecular complexity index is 825. The summed E-state index contributed by atoms with van der Waals surface area (Å²) in [7, 11) is 0. The molecule has 0 aliphatic heterocycles. The number of nitrogens with one attached hydrogen (secondary N) is 1. The third kappa shape index (κ3) is 5.67. The zero-order valence-electron chi connectivity index (χ0n) is 16.3. The van der Waals surface area contributed by atoms with Gasteiger partial charge in [0.2, 0.25) is 0 Å². The van der Waals surface area contributed by atoms with E-state index in [9.17, 15) is 14.4 Å². The van der Waals surface area contributed by atoms with Crippen molar-refractivity contribution in [1.82, 2.24) is 10.2 Å². The van der Waals surface area contributed by atoms with Crippen LogP contribution in [-0.2, 0) is 6.54 Å². The standard InChI is InChI=1S/C22H26N2O4/c1-3-12-24(13-4-2)21(26)19-7-5-6-18(14-19)20(25)23-15-16-8-10-17(11-9-16)22(27)28/h5-11,14H,3-4,12-13,15H2,1-2H3,(H,23,25)(H,27,28). The van der Waals surface area contributed by atoms with Crippen LogP contribution in [0.4, 0.5) is 0 Å². The topological polar surface area (TPSA) is 86.7 Å². The van der Waals surface area contributed by atoms with E-state index in [-0.39, 0.29) is 23.9 Å². The predicted octanol–water partition coefficient (Wildman–Crippen LogP) is 3.58. The molecular formula is C22H26N2O4. The highest BCUT2D eigenvalue weighted by molar-refractivity contribution is 5.99. The van der Waals surface area contributed by atoms with Gasteiger partial charge in [0.15, 0.2) is 0 Å². The van der Waals surface area contributed by atoms with Gasteiger partial charge in [-0.3, -0.25) is 9.59 Å². The molecule has 0 aliphatic carbocycles. The number of amides is 2. The van der Waals surface area contributed by atoms with Crippen LogP contribution in [0.15, 0.2) is 48.5 Å². The quantitative estimate of drug-likeness (QED) is 0.694. The lowest BCUT2D eigenvalue weighted by Crippen LogP contribution is -2.32. The van der Waals surface area contributed by atoms with E-state index < -0.39 is 5.97 Å². The van der Waals surface area contributed by atoms with Crippen molar-refractivity contribution in [3.63, 3.8) is 0 Å². The number of carbonyl (C=O) groups excluding carboxylic acids is 2. The second-order valence-electron chi connectivity index (χ2n) is 6.56. The molecule has 0 unspecified atom stereocenters. The van der Waals surface area contributed by atoms with Gasteiger partial charge in [0, 0.05) is 30.8 Å². The van der Waals surface area contributed by atoms with Crippen molar-refractivity contribution < 1.29 is 19.5 Å². The lowest BCUT2D eigenvalue weighted by molar-refractivity contribution is 0.0695. The molecule has 2 rings (SSSR count). The van der Waals surface area contributed by atoms with E-state index in [1.54, 1.807) is 41.3 Å². The number of carbonyl (C=O) groups is 3. The molecule has 2 aromatic carbocycles. The zero-order valence-corrected chi connectivity index (χ0v) is 16.3. The molecule has 0 bridgehead atoms. The fourth-order valence-corrected chi connectivity index (χ4v) is 2.88. The molecule has 28 heavy (non-hydrogen) atoms. The second-order valence-corrected chi connectivity index (χ2v) is 6.56. The summed E-state index contributed by atoms with van der Waals surface area (Å²) in [5.74, 6) is -1.34. The molecule has 0 heterocycles. The summed E-state index contributed by atoms with van der Waals surface area (Å²) in [5.41, 5.74) is 1.91. The average molecular weight is 382 g/mol. The number of aromatic carboxylic acids is 1. The summed E-state index contributed by atoms with van der Waals surface area (Å²) in [6.07, 6.45) is 1.76. The molecule has 2 amide bonds. The summed E-state index contributed by atoms with van der Waals surface area (Å²) >= 11 is 0. The van der Waals surface area contributed by atoms with Gasteiger partial charge < -0.3 is 15.3 Å². The Morgan fingerprint density at radius 1 is 0.893 bits per heavy atom. The highest BCUT2D eigenvalue weighted by Gasteiger charge is 2.16. The van der Waals surface area contributed by atoms with Crippen molar-refractivity contribution in [3.8, 4) is 0 Å². The molecule has 148 valence electrons. The van der Waals surface area contributed by atoms with Crippen LogP contribution in [0, 0.1) is 0 Å². The van der Waals surface area contributed by atoms with Gasteiger partial charge in [-0.05, 0) is 48.7 Å². The van der Waals surface area contributed by atoms with E-state index in [0.717, 1.165) is 18.4 Å². The monoisotopic (exact) mass is 382 g/mol. The fourth-order valence-electron chi connectivity index (χ4n) is 2.88. The Morgan fingerprint density at radius 2 is 1.50 bits per heavy atom. The number of hydrogen-bond acceptors (Lipinski definition) is 3. The minimum atomic E-state index is -0.989. The molecule has 0 saturated carbocycles. The van der Waals surface area contributed by atoms with Gasteiger partial charge in [-0.15, -0.1) is 0 Å². The van der Waals surface area contributed by atoms with Gasteiger partial charge in [0.1, 0.15) is 0 Å². The summed E-state index contributed by atoms with van der Waals surface area (Å²) in [5, 5.41) is 11.7. The van der Waals surface area contributed by atoms with E-state index in [0.29, 0.717) is 24.2 Å². The summed E-state index contributed by atoms with van der Waals surface area (Å²) < 4.78 is 0. The van der Waals surface area contributed by atoms with Crippen LogP contribution in [0.5, 0.6) is 0 Å². The molecule has 0 saturated heterocycles. The molecule has 2 aromatic rings. The Kier molecular flexibility index (Phi) is 7.75. The molecule has 0 fully saturated rings. The summed E-state index contributed by atoms with van der Waals surface area (Å²) in [6, 6.07) is 13.0. The number of nitrogens with zero attached hydrogens (tertiary/aromatic N) is 1. The van der Waals surface area contributed by atoms with E-state index in [4.69, 9.17) is 5.11 Å². The van der Waals surface area contributed by atoms with Crippen molar-refractivity contribution in [3.05, 3.63) is 70.8 Å². The Labute approximate surface area is 165 Å². The van der Waals surface area contributed by atoms with Crippen LogP contribution in [0.3, 0.4) is 0 Å². The summed E-state index contributed by atoms with van der Waals surface area (Å²) in [4.78, 5) is 37.9. The van der Waals surface area contributed by atoms with Crippen LogP contribution in [-0.4, -0.2) is 40.9 Å². The van der Waals surface area contributed by atoms with Gasteiger partial charge in [0.05, 0.1) is 5.56 Å². The largest absolute Gasteiger partial charge is 0.478 e. The summed E-state index contributed by atoms with van der Waals surface area (Å²) in [6.45, 7) is 5.71. The van der Waals surface area contributed by atoms with Crippen molar-refractivity contribution in [2.45, 2.75) is 33.2 Å². The average Bonchev–Trinajstić information content (AvgIpc) is 2.71. The molecule has 0 radical (unpaired) electrons. The Hall–Kier alpha value is -3.15. The first kappa shape index (κ1) is 21.2. The van der Waals surface area contributed by atoms with Gasteiger partial charge in [-0.1, -0.05) is 32.0 Å². The predicted molar refractivity (Wildman–Crippen MR) is 107 cm³/mol. The SMILES string of the molecule is CCCN(CCC)C(=O)c1cccc(C(=O)NCc2ccc(C(=O)O)cc2)c1. The molecule has 0 aliphatic rings. The maximum absolute atomic E-state index is 12.7. The van der Waals surface area contributed by atoms with Crippen LogP contribution >= 0.6 is 0 Å². The maximum atomic E-state index is 12.7. The van der Waals surface area contributed by atoms with E-state index in [2.05, 4.69) is 5.32 Å². The van der Waals surface area contributed by atoms with Crippen LogP contribution in [0.2, 0.25) is 0 Å². The molecule has 2 N–H and O–H groups in total.